The highest BCUT2D eigenvalue weighted by atomic mass is 19.1. The molecule has 3 rings (SSSR count). The number of hydrogen-bond acceptors (Lipinski definition) is 6. The third-order valence-corrected chi connectivity index (χ3v) is 5.06. The number of alkyl halides is 2. The van der Waals surface area contributed by atoms with E-state index in [2.05, 4.69) is 16.5 Å². The van der Waals surface area contributed by atoms with Crippen LogP contribution in [0.3, 0.4) is 0 Å². The van der Waals surface area contributed by atoms with Gasteiger partial charge < -0.3 is 20.7 Å². The zero-order valence-corrected chi connectivity index (χ0v) is 16.9. The molecule has 0 saturated carbocycles. The first-order valence-electron chi connectivity index (χ1n) is 9.74. The maximum absolute atomic E-state index is 13.2. The van der Waals surface area contributed by atoms with Gasteiger partial charge in [-0.3, -0.25) is 9.48 Å². The highest BCUT2D eigenvalue weighted by Crippen LogP contribution is 2.30. The minimum Gasteiger partial charge on any atom is -0.441 e. The number of primary amides is 1. The van der Waals surface area contributed by atoms with E-state index in [-0.39, 0.29) is 30.9 Å². The number of amides is 2. The molecule has 2 amide bonds. The molecule has 2 atom stereocenters. The number of nitrogens with two attached hydrogens (primary N) is 1. The van der Waals surface area contributed by atoms with Crippen molar-refractivity contribution in [3.63, 3.8) is 0 Å². The van der Waals surface area contributed by atoms with E-state index in [0.717, 1.165) is 0 Å². The van der Waals surface area contributed by atoms with Crippen LogP contribution in [0.2, 0.25) is 0 Å². The van der Waals surface area contributed by atoms with Gasteiger partial charge in [-0.15, -0.1) is 0 Å². The number of nitrogens with zero attached hydrogens (tertiary/aromatic N) is 4. The van der Waals surface area contributed by atoms with Crippen LogP contribution >= 0.6 is 0 Å². The van der Waals surface area contributed by atoms with E-state index >= 15 is 0 Å². The maximum atomic E-state index is 13.2. The van der Waals surface area contributed by atoms with E-state index in [9.17, 15) is 28.0 Å². The molecule has 0 aliphatic carbocycles. The number of ether oxygens (including phenoxy) is 1. The minimum absolute atomic E-state index is 0.0284. The first-order chi connectivity index (χ1) is 15.4. The fourth-order valence-corrected chi connectivity index (χ4v) is 3.34. The van der Waals surface area contributed by atoms with Crippen molar-refractivity contribution in [2.24, 2.45) is 11.7 Å². The van der Waals surface area contributed by atoms with E-state index < -0.39 is 49.2 Å². The van der Waals surface area contributed by atoms with E-state index in [1.165, 1.54) is 40.0 Å². The van der Waals surface area contributed by atoms with Crippen LogP contribution in [0.1, 0.15) is 22.8 Å². The fourth-order valence-electron chi connectivity index (χ4n) is 3.34. The van der Waals surface area contributed by atoms with Crippen LogP contribution in [-0.4, -0.2) is 59.2 Å². The van der Waals surface area contributed by atoms with Crippen molar-refractivity contribution in [2.45, 2.75) is 18.6 Å². The molecule has 0 bridgehead atoms. The van der Waals surface area contributed by atoms with Crippen molar-refractivity contribution in [3.8, 4) is 6.07 Å². The molecular weight excluding hydrogens is 429 g/mol. The highest BCUT2D eigenvalue weighted by molar-refractivity contribution is 5.98. The summed E-state index contributed by atoms with van der Waals surface area (Å²) >= 11 is 0. The smallest absolute Gasteiger partial charge is 0.410 e. The minimum atomic E-state index is -1.49. The molecule has 1 fully saturated rings. The quantitative estimate of drug-likeness (QED) is 0.668. The number of likely N-dealkylation sites (tertiary alicyclic amines) is 1. The Morgan fingerprint density at radius 2 is 2.00 bits per heavy atom. The second-order valence-electron chi connectivity index (χ2n) is 7.22. The average Bonchev–Trinajstić information content (AvgIpc) is 3.22. The number of hydrogen-bond donors (Lipinski definition) is 2. The van der Waals surface area contributed by atoms with Crippen LogP contribution in [0, 0.1) is 23.1 Å². The average molecular weight is 450 g/mol. The lowest BCUT2D eigenvalue weighted by atomic mass is 9.93. The topological polar surface area (TPSA) is 126 Å². The number of carbonyl (C=O) groups excluding carboxylic acids is 2. The molecule has 9 nitrogen and oxygen atoms in total. The van der Waals surface area contributed by atoms with Gasteiger partial charge in [0, 0.05) is 25.0 Å². The number of halogens is 3. The molecule has 1 saturated heterocycles. The Hall–Kier alpha value is -3.75. The van der Waals surface area contributed by atoms with Crippen LogP contribution in [-0.2, 0) is 4.74 Å². The SMILES string of the molecule is N#CC1CCN(C(=O)OC(CF)CF)C[C@H]1n1cc(C(N)=O)c(Nc2ccc(F)cc2)n1. The Kier molecular flexibility index (Phi) is 7.19. The predicted octanol–water partition coefficient (Wildman–Crippen LogP) is 2.70. The van der Waals surface area contributed by atoms with Crippen LogP contribution in [0.25, 0.3) is 0 Å². The van der Waals surface area contributed by atoms with Gasteiger partial charge in [0.15, 0.2) is 11.9 Å². The summed E-state index contributed by atoms with van der Waals surface area (Å²) in [7, 11) is 0. The van der Waals surface area contributed by atoms with Gasteiger partial charge in [-0.05, 0) is 30.7 Å². The molecule has 2 heterocycles. The molecule has 170 valence electrons. The maximum Gasteiger partial charge on any atom is 0.410 e. The lowest BCUT2D eigenvalue weighted by molar-refractivity contribution is 0.0266. The number of carbonyl (C=O) groups is 2. The summed E-state index contributed by atoms with van der Waals surface area (Å²) in [6, 6.07) is 6.82. The number of nitriles is 1. The lowest BCUT2D eigenvalue weighted by Gasteiger charge is -2.35. The Balaban J connectivity index is 1.85. The predicted molar refractivity (Wildman–Crippen MR) is 107 cm³/mol. The van der Waals surface area contributed by atoms with E-state index in [1.54, 1.807) is 0 Å². The summed E-state index contributed by atoms with van der Waals surface area (Å²) < 4.78 is 44.7. The van der Waals surface area contributed by atoms with Crippen LogP contribution in [0.5, 0.6) is 0 Å². The van der Waals surface area contributed by atoms with Crippen molar-refractivity contribution in [1.29, 1.82) is 5.26 Å². The first-order valence-corrected chi connectivity index (χ1v) is 9.74. The molecule has 1 aromatic heterocycles. The molecule has 2 aromatic rings. The Bertz CT molecular complexity index is 1000. The Labute approximate surface area is 181 Å². The Morgan fingerprint density at radius 1 is 1.31 bits per heavy atom. The van der Waals surface area contributed by atoms with Gasteiger partial charge in [0.1, 0.15) is 24.7 Å². The summed E-state index contributed by atoms with van der Waals surface area (Å²) in [5.41, 5.74) is 5.93. The first kappa shape index (κ1) is 22.9. The van der Waals surface area contributed by atoms with Crippen molar-refractivity contribution in [1.82, 2.24) is 14.7 Å². The van der Waals surface area contributed by atoms with Gasteiger partial charge in [0.2, 0.25) is 0 Å². The van der Waals surface area contributed by atoms with Gasteiger partial charge in [-0.1, -0.05) is 0 Å². The molecule has 32 heavy (non-hydrogen) atoms. The molecule has 1 aliphatic heterocycles. The third-order valence-electron chi connectivity index (χ3n) is 5.06. The van der Waals surface area contributed by atoms with Crippen LogP contribution in [0.15, 0.2) is 30.5 Å². The number of rotatable bonds is 7. The normalized spacial score (nSPS) is 18.3. The zero-order chi connectivity index (χ0) is 23.3. The molecule has 1 unspecified atom stereocenters. The van der Waals surface area contributed by atoms with E-state index in [4.69, 9.17) is 10.5 Å². The summed E-state index contributed by atoms with van der Waals surface area (Å²) in [5, 5.41) is 16.7. The zero-order valence-electron chi connectivity index (χ0n) is 16.9. The highest BCUT2D eigenvalue weighted by Gasteiger charge is 2.35. The van der Waals surface area contributed by atoms with Crippen molar-refractivity contribution < 1.29 is 27.5 Å². The second kappa shape index (κ2) is 10.0. The number of nitrogens with one attached hydrogen (secondary N) is 1. The molecule has 0 spiro atoms. The summed E-state index contributed by atoms with van der Waals surface area (Å²) in [4.78, 5) is 25.4. The van der Waals surface area contributed by atoms with Gasteiger partial charge >= 0.3 is 6.09 Å². The van der Waals surface area contributed by atoms with Crippen LogP contribution < -0.4 is 11.1 Å². The summed E-state index contributed by atoms with van der Waals surface area (Å²) in [5.74, 6) is -1.69. The number of anilines is 2. The largest absolute Gasteiger partial charge is 0.441 e. The van der Waals surface area contributed by atoms with Gasteiger partial charge in [-0.25, -0.2) is 18.0 Å². The van der Waals surface area contributed by atoms with Gasteiger partial charge in [0.05, 0.1) is 18.0 Å². The molecule has 12 heteroatoms. The van der Waals surface area contributed by atoms with E-state index in [0.29, 0.717) is 5.69 Å². The summed E-state index contributed by atoms with van der Waals surface area (Å²) in [6.45, 7) is -2.18. The van der Waals surface area contributed by atoms with E-state index in [1.807, 2.05) is 0 Å². The molecule has 0 radical (unpaired) electrons. The third kappa shape index (κ3) is 5.11. The fraction of sp³-hybridized carbons (Fsp3) is 0.400. The standard InChI is InChI=1S/C20H21F3N6O3/c21-7-15(8-22)32-20(31)28-6-5-12(9-24)17(11-28)29-10-16(18(25)30)19(27-29)26-14-3-1-13(23)2-4-14/h1-4,10,12,15,17H,5-8,11H2,(H2,25,30)(H,26,27)/t12?,17-/m1/s1. The molecule has 3 N–H and O–H groups in total. The Morgan fingerprint density at radius 3 is 2.59 bits per heavy atom. The second-order valence-corrected chi connectivity index (χ2v) is 7.22. The monoisotopic (exact) mass is 450 g/mol. The molecule has 1 aromatic carbocycles. The molecular formula is C20H21F3N6O3. The van der Waals surface area contributed by atoms with Crippen LogP contribution in [0.4, 0.5) is 29.5 Å². The van der Waals surface area contributed by atoms with Crippen molar-refractivity contribution in [2.75, 3.05) is 31.8 Å². The van der Waals surface area contributed by atoms with Gasteiger partial charge in [0.25, 0.3) is 5.91 Å². The number of piperidine rings is 1. The number of benzene rings is 1. The van der Waals surface area contributed by atoms with Crippen molar-refractivity contribution in [3.05, 3.63) is 41.8 Å². The van der Waals surface area contributed by atoms with Gasteiger partial charge in [-0.2, -0.15) is 10.4 Å². The molecule has 1 aliphatic rings. The summed E-state index contributed by atoms with van der Waals surface area (Å²) in [6.07, 6.45) is -0.784. The van der Waals surface area contributed by atoms with Crippen molar-refractivity contribution >= 4 is 23.5 Å². The lowest BCUT2D eigenvalue weighted by Crippen LogP contribution is -2.46. The number of aromatic nitrogens is 2.